The van der Waals surface area contributed by atoms with Crippen molar-refractivity contribution < 1.29 is 19.2 Å². The molecule has 0 aromatic heterocycles. The average molecular weight is 388 g/mol. The van der Waals surface area contributed by atoms with Crippen LogP contribution in [0.5, 0.6) is 0 Å². The Hall–Kier alpha value is 0.0587. The van der Waals surface area contributed by atoms with Crippen molar-refractivity contribution in [3.63, 3.8) is 0 Å². The van der Waals surface area contributed by atoms with Crippen LogP contribution in [0, 0.1) is 0 Å². The Labute approximate surface area is 111 Å². The van der Waals surface area contributed by atoms with Crippen LogP contribution < -0.4 is 0 Å². The molecule has 0 amide bonds. The standard InChI is InChI=1S/2C5H7O2.2ClH.Sn/c2*1-4(6)3-5(2)7;;;/h2*1,3H2,2H3;2*1H;/q;;;;+2/p-2. The monoisotopic (exact) mass is 388 g/mol. The molecule has 4 nitrogen and oxygen atoms in total. The van der Waals surface area contributed by atoms with Crippen molar-refractivity contribution in [2.45, 2.75) is 35.6 Å². The number of carbonyl (C=O) groups is 4. The van der Waals surface area contributed by atoms with Crippen molar-refractivity contribution in [3.8, 4) is 0 Å². The molecular formula is C10H14Cl2O4Sn. The number of carbonyl (C=O) groups excluding carboxylic acids is 4. The molecule has 0 atom stereocenters. The first kappa shape index (κ1) is 17.1. The molecular weight excluding hydrogens is 374 g/mol. The van der Waals surface area contributed by atoms with Crippen LogP contribution >= 0.6 is 17.8 Å². The summed E-state index contributed by atoms with van der Waals surface area (Å²) in [5, 5.41) is 0. The van der Waals surface area contributed by atoms with Crippen LogP contribution in [-0.2, 0) is 19.2 Å². The third-order valence-corrected chi connectivity index (χ3v) is 10.6. The Morgan fingerprint density at radius 2 is 1.12 bits per heavy atom. The van der Waals surface area contributed by atoms with Crippen molar-refractivity contribution in [2.75, 3.05) is 0 Å². The molecule has 0 aromatic rings. The number of rotatable bonds is 8. The molecule has 0 aliphatic heterocycles. The maximum absolute atomic E-state index is 11.4. The fourth-order valence-corrected chi connectivity index (χ4v) is 9.68. The van der Waals surface area contributed by atoms with Gasteiger partial charge >= 0.3 is 112 Å². The number of halogens is 2. The molecule has 0 bridgehead atoms. The van der Waals surface area contributed by atoms with E-state index in [4.69, 9.17) is 17.8 Å². The summed E-state index contributed by atoms with van der Waals surface area (Å²) in [6.07, 6.45) is -0.391. The number of ketones is 4. The van der Waals surface area contributed by atoms with E-state index in [2.05, 4.69) is 0 Å². The average Bonchev–Trinajstić information content (AvgIpc) is 1.95. The summed E-state index contributed by atoms with van der Waals surface area (Å²) >= 11 is -3.78. The molecule has 0 unspecified atom stereocenters. The summed E-state index contributed by atoms with van der Waals surface area (Å²) in [5.74, 6) is -1.15. The number of hydrogen-bond acceptors (Lipinski definition) is 4. The first-order valence-corrected chi connectivity index (χ1v) is 16.3. The quantitative estimate of drug-likeness (QED) is 0.472. The van der Waals surface area contributed by atoms with E-state index in [0.717, 1.165) is 0 Å². The molecule has 0 N–H and O–H groups in total. The molecule has 17 heavy (non-hydrogen) atoms. The second-order valence-corrected chi connectivity index (χ2v) is 22.0. The number of Topliss-reactive ketones (excluding diaryl/α,β-unsaturated/α-hetero) is 4. The fraction of sp³-hybridized carbons (Fsp3) is 0.600. The van der Waals surface area contributed by atoms with E-state index in [-0.39, 0.29) is 44.8 Å². The summed E-state index contributed by atoms with van der Waals surface area (Å²) in [4.78, 5) is 44.1. The molecule has 0 aliphatic rings. The van der Waals surface area contributed by atoms with Gasteiger partial charge in [0.2, 0.25) is 0 Å². The maximum atomic E-state index is 11.4. The second-order valence-electron chi connectivity index (χ2n) is 4.04. The molecule has 0 fully saturated rings. The Bertz CT molecular complexity index is 320. The molecule has 0 saturated heterocycles. The van der Waals surface area contributed by atoms with Crippen LogP contribution in [0.2, 0.25) is 8.87 Å². The first-order valence-electron chi connectivity index (χ1n) is 5.02. The Kier molecular flexibility index (Phi) is 7.51. The van der Waals surface area contributed by atoms with E-state index in [1.165, 1.54) is 13.8 Å². The summed E-state index contributed by atoms with van der Waals surface area (Å²) in [7, 11) is 12.0. The molecule has 0 aliphatic carbocycles. The zero-order valence-electron chi connectivity index (χ0n) is 9.72. The van der Waals surface area contributed by atoms with Crippen molar-refractivity contribution in [1.82, 2.24) is 0 Å². The summed E-state index contributed by atoms with van der Waals surface area (Å²) in [5.41, 5.74) is 0. The second kappa shape index (κ2) is 7.48. The van der Waals surface area contributed by atoms with Gasteiger partial charge in [0.1, 0.15) is 0 Å². The van der Waals surface area contributed by atoms with Gasteiger partial charge in [-0.3, -0.25) is 0 Å². The van der Waals surface area contributed by atoms with Crippen molar-refractivity contribution in [1.29, 1.82) is 0 Å². The molecule has 0 heterocycles. The van der Waals surface area contributed by atoms with E-state index in [1.54, 1.807) is 0 Å². The molecule has 0 rings (SSSR count). The van der Waals surface area contributed by atoms with Gasteiger partial charge < -0.3 is 0 Å². The Morgan fingerprint density at radius 3 is 1.35 bits per heavy atom. The van der Waals surface area contributed by atoms with Crippen LogP contribution in [0.1, 0.15) is 26.7 Å². The molecule has 0 aromatic carbocycles. The fourth-order valence-electron chi connectivity index (χ4n) is 1.32. The molecule has 0 spiro atoms. The Morgan fingerprint density at radius 1 is 0.824 bits per heavy atom. The molecule has 96 valence electrons. The van der Waals surface area contributed by atoms with Crippen LogP contribution in [0.3, 0.4) is 0 Å². The van der Waals surface area contributed by atoms with Gasteiger partial charge in [-0.15, -0.1) is 0 Å². The zero-order valence-corrected chi connectivity index (χ0v) is 14.1. The van der Waals surface area contributed by atoms with Gasteiger partial charge in [-0.2, -0.15) is 0 Å². The van der Waals surface area contributed by atoms with Crippen LogP contribution in [0.15, 0.2) is 0 Å². The van der Waals surface area contributed by atoms with E-state index >= 15 is 0 Å². The third-order valence-electron chi connectivity index (χ3n) is 1.80. The third kappa shape index (κ3) is 9.73. The van der Waals surface area contributed by atoms with E-state index in [9.17, 15) is 19.2 Å². The minimum absolute atomic E-state index is 0.0684. The predicted molar refractivity (Wildman–Crippen MR) is 67.7 cm³/mol. The summed E-state index contributed by atoms with van der Waals surface area (Å²) in [6.45, 7) is 2.61. The predicted octanol–water partition coefficient (Wildman–Crippen LogP) is 2.00. The van der Waals surface area contributed by atoms with Crippen LogP contribution in [-0.4, -0.2) is 39.3 Å². The van der Waals surface area contributed by atoms with Gasteiger partial charge in [0.25, 0.3) is 0 Å². The van der Waals surface area contributed by atoms with Gasteiger partial charge in [0.05, 0.1) is 0 Å². The van der Waals surface area contributed by atoms with Crippen molar-refractivity contribution in [2.24, 2.45) is 0 Å². The zero-order chi connectivity index (χ0) is 13.6. The van der Waals surface area contributed by atoms with Gasteiger partial charge in [-0.05, 0) is 0 Å². The minimum atomic E-state index is -3.78. The SMILES string of the molecule is CC(=O)CC(=O)[CH2][Sn]([Cl])([Cl])[CH2]C(=O)CC(C)=O. The Balaban J connectivity index is 4.28. The number of hydrogen-bond donors (Lipinski definition) is 0. The first-order chi connectivity index (χ1) is 7.62. The molecule has 0 saturated carbocycles. The molecule has 0 radical (unpaired) electrons. The van der Waals surface area contributed by atoms with Gasteiger partial charge in [0, 0.05) is 0 Å². The van der Waals surface area contributed by atoms with E-state index in [1.807, 2.05) is 0 Å². The van der Waals surface area contributed by atoms with Gasteiger partial charge in [-0.1, -0.05) is 0 Å². The molecule has 7 heteroatoms. The van der Waals surface area contributed by atoms with Crippen molar-refractivity contribution >= 4 is 57.1 Å². The van der Waals surface area contributed by atoms with Gasteiger partial charge in [-0.25, -0.2) is 0 Å². The van der Waals surface area contributed by atoms with Crippen LogP contribution in [0.4, 0.5) is 0 Å². The summed E-state index contributed by atoms with van der Waals surface area (Å²) < 4.78 is -0.137. The topological polar surface area (TPSA) is 68.3 Å². The van der Waals surface area contributed by atoms with E-state index in [0.29, 0.717) is 0 Å². The summed E-state index contributed by atoms with van der Waals surface area (Å²) in [6, 6.07) is 0. The van der Waals surface area contributed by atoms with Gasteiger partial charge in [0.15, 0.2) is 0 Å². The van der Waals surface area contributed by atoms with Crippen LogP contribution in [0.25, 0.3) is 0 Å². The van der Waals surface area contributed by atoms with E-state index < -0.39 is 16.1 Å². The normalized spacial score (nSPS) is 11.1. The van der Waals surface area contributed by atoms with Crippen molar-refractivity contribution in [3.05, 3.63) is 0 Å².